The molecule has 5 heteroatoms. The number of aromatic hydroxyl groups is 1. The molecule has 0 saturated heterocycles. The highest BCUT2D eigenvalue weighted by Gasteiger charge is 2.10. The lowest BCUT2D eigenvalue weighted by Crippen LogP contribution is -2.09. The van der Waals surface area contributed by atoms with Crippen LogP contribution in [0.4, 0.5) is 0 Å². The zero-order valence-corrected chi connectivity index (χ0v) is 8.32. The Morgan fingerprint density at radius 3 is 2.73 bits per heavy atom. The van der Waals surface area contributed by atoms with E-state index in [2.05, 4.69) is 12.6 Å². The Kier molecular flexibility index (Phi) is 2.24. The first-order valence-electron chi connectivity index (χ1n) is 4.08. The Morgan fingerprint density at radius 1 is 1.33 bits per heavy atom. The second kappa shape index (κ2) is 3.43. The summed E-state index contributed by atoms with van der Waals surface area (Å²) >= 11 is 3.55. The van der Waals surface area contributed by atoms with Gasteiger partial charge in [0.25, 0.3) is 0 Å². The van der Waals surface area contributed by atoms with Gasteiger partial charge in [-0.05, 0) is 18.2 Å². The molecule has 0 unspecified atom stereocenters. The van der Waals surface area contributed by atoms with Crippen LogP contribution in [0, 0.1) is 0 Å². The van der Waals surface area contributed by atoms with E-state index in [9.17, 15) is 9.59 Å². The Labute approximate surface area is 89.6 Å². The summed E-state index contributed by atoms with van der Waals surface area (Å²) in [5.41, 5.74) is -0.636. The molecular weight excluding hydrogens is 216 g/mol. The topological polar surface area (TPSA) is 67.5 Å². The summed E-state index contributed by atoms with van der Waals surface area (Å²) in [7, 11) is 0. The fourth-order valence-corrected chi connectivity index (χ4v) is 1.40. The fraction of sp³-hybridized carbons (Fsp3) is 0. The summed E-state index contributed by atoms with van der Waals surface area (Å²) in [6.07, 6.45) is 0. The van der Waals surface area contributed by atoms with Gasteiger partial charge in [0.15, 0.2) is 0 Å². The standard InChI is InChI=1S/C10H6O4S/c11-6-2-1-5-3-7(10(13)15)9(12)14-8(5)4-6/h1-4,11H,(H,13,15). The molecule has 2 aromatic rings. The van der Waals surface area contributed by atoms with Gasteiger partial charge in [0.05, 0.1) is 0 Å². The number of fused-ring (bicyclic) bond motifs is 1. The van der Waals surface area contributed by atoms with Gasteiger partial charge in [0.1, 0.15) is 16.9 Å². The monoisotopic (exact) mass is 222 g/mol. The molecule has 1 aromatic carbocycles. The van der Waals surface area contributed by atoms with Gasteiger partial charge in [0.2, 0.25) is 5.12 Å². The zero-order chi connectivity index (χ0) is 11.0. The van der Waals surface area contributed by atoms with Crippen molar-refractivity contribution in [3.05, 3.63) is 40.2 Å². The van der Waals surface area contributed by atoms with Crippen LogP contribution in [0.1, 0.15) is 10.4 Å². The van der Waals surface area contributed by atoms with E-state index in [-0.39, 0.29) is 16.9 Å². The van der Waals surface area contributed by atoms with Crippen molar-refractivity contribution < 1.29 is 14.3 Å². The van der Waals surface area contributed by atoms with E-state index in [0.717, 1.165) is 0 Å². The minimum absolute atomic E-state index is 0.00407. The number of benzene rings is 1. The third-order valence-electron chi connectivity index (χ3n) is 1.95. The molecular formula is C10H6O4S. The highest BCUT2D eigenvalue weighted by Crippen LogP contribution is 2.19. The van der Waals surface area contributed by atoms with Crippen molar-refractivity contribution in [2.24, 2.45) is 0 Å². The first-order chi connectivity index (χ1) is 7.08. The van der Waals surface area contributed by atoms with Crippen LogP contribution in [0.15, 0.2) is 33.5 Å². The molecule has 1 aromatic heterocycles. The molecule has 4 nitrogen and oxygen atoms in total. The number of phenolic OH excluding ortho intramolecular Hbond substituents is 1. The van der Waals surface area contributed by atoms with E-state index in [1.807, 2.05) is 0 Å². The van der Waals surface area contributed by atoms with Gasteiger partial charge in [-0.1, -0.05) is 0 Å². The summed E-state index contributed by atoms with van der Waals surface area (Å²) in [4.78, 5) is 22.2. The zero-order valence-electron chi connectivity index (χ0n) is 7.43. The van der Waals surface area contributed by atoms with Crippen LogP contribution in [-0.2, 0) is 0 Å². The SMILES string of the molecule is O=C(S)c1cc2ccc(O)cc2oc1=O. The highest BCUT2D eigenvalue weighted by atomic mass is 32.1. The molecule has 0 bridgehead atoms. The van der Waals surface area contributed by atoms with Crippen molar-refractivity contribution in [2.45, 2.75) is 0 Å². The van der Waals surface area contributed by atoms with Crippen LogP contribution in [0.25, 0.3) is 11.0 Å². The van der Waals surface area contributed by atoms with E-state index in [0.29, 0.717) is 5.39 Å². The molecule has 0 amide bonds. The lowest BCUT2D eigenvalue weighted by molar-refractivity contribution is 0.108. The number of hydrogen-bond acceptors (Lipinski definition) is 4. The lowest BCUT2D eigenvalue weighted by atomic mass is 10.2. The van der Waals surface area contributed by atoms with Gasteiger partial charge in [-0.15, -0.1) is 12.6 Å². The smallest absolute Gasteiger partial charge is 0.348 e. The Hall–Kier alpha value is -1.75. The van der Waals surface area contributed by atoms with Crippen LogP contribution in [0.5, 0.6) is 5.75 Å². The van der Waals surface area contributed by atoms with Crippen molar-refractivity contribution in [2.75, 3.05) is 0 Å². The third kappa shape index (κ3) is 1.73. The molecule has 2 rings (SSSR count). The lowest BCUT2D eigenvalue weighted by Gasteiger charge is -1.98. The summed E-state index contributed by atoms with van der Waals surface area (Å²) in [6.45, 7) is 0. The average molecular weight is 222 g/mol. The number of hydrogen-bond donors (Lipinski definition) is 2. The fourth-order valence-electron chi connectivity index (χ4n) is 1.25. The Bertz CT molecular complexity index is 600. The van der Waals surface area contributed by atoms with Gasteiger partial charge in [-0.2, -0.15) is 0 Å². The predicted octanol–water partition coefficient (Wildman–Crippen LogP) is 1.57. The molecule has 0 aliphatic carbocycles. The summed E-state index contributed by atoms with van der Waals surface area (Å²) < 4.78 is 4.85. The summed E-state index contributed by atoms with van der Waals surface area (Å²) in [5, 5.41) is 9.08. The average Bonchev–Trinajstić information content (AvgIpc) is 2.15. The molecule has 0 spiro atoms. The van der Waals surface area contributed by atoms with Gasteiger partial charge in [-0.25, -0.2) is 4.79 Å². The van der Waals surface area contributed by atoms with Crippen LogP contribution in [0.2, 0.25) is 0 Å². The van der Waals surface area contributed by atoms with Gasteiger partial charge >= 0.3 is 5.63 Å². The van der Waals surface area contributed by atoms with Crippen LogP contribution in [-0.4, -0.2) is 10.2 Å². The molecule has 0 aliphatic rings. The third-order valence-corrected chi connectivity index (χ3v) is 2.19. The van der Waals surface area contributed by atoms with E-state index in [1.54, 1.807) is 6.07 Å². The van der Waals surface area contributed by atoms with E-state index >= 15 is 0 Å². The molecule has 0 fully saturated rings. The van der Waals surface area contributed by atoms with Crippen LogP contribution < -0.4 is 5.63 Å². The normalized spacial score (nSPS) is 10.5. The minimum atomic E-state index is -0.756. The van der Waals surface area contributed by atoms with Crippen LogP contribution in [0.3, 0.4) is 0 Å². The number of rotatable bonds is 1. The van der Waals surface area contributed by atoms with Gasteiger partial charge < -0.3 is 9.52 Å². The first-order valence-corrected chi connectivity index (χ1v) is 4.53. The number of carbonyl (C=O) groups excluding carboxylic acids is 1. The molecule has 0 saturated carbocycles. The molecule has 0 radical (unpaired) electrons. The molecule has 0 aliphatic heterocycles. The molecule has 1 heterocycles. The second-order valence-corrected chi connectivity index (χ2v) is 3.38. The second-order valence-electron chi connectivity index (χ2n) is 2.97. The molecule has 15 heavy (non-hydrogen) atoms. The maximum absolute atomic E-state index is 11.3. The van der Waals surface area contributed by atoms with Gasteiger partial charge in [-0.3, -0.25) is 4.79 Å². The molecule has 0 atom stereocenters. The highest BCUT2D eigenvalue weighted by molar-refractivity contribution is 7.97. The summed E-state index contributed by atoms with van der Waals surface area (Å²) in [6, 6.07) is 5.68. The maximum atomic E-state index is 11.3. The number of carbonyl (C=O) groups is 1. The quantitative estimate of drug-likeness (QED) is 0.567. The van der Waals surface area contributed by atoms with E-state index in [4.69, 9.17) is 9.52 Å². The Balaban J connectivity index is 2.82. The van der Waals surface area contributed by atoms with E-state index in [1.165, 1.54) is 18.2 Å². The Morgan fingerprint density at radius 2 is 2.07 bits per heavy atom. The van der Waals surface area contributed by atoms with E-state index < -0.39 is 10.7 Å². The van der Waals surface area contributed by atoms with Crippen molar-refractivity contribution >= 4 is 28.7 Å². The van der Waals surface area contributed by atoms with Crippen molar-refractivity contribution in [1.29, 1.82) is 0 Å². The summed E-state index contributed by atoms with van der Waals surface area (Å²) in [5.74, 6) is -0.00407. The maximum Gasteiger partial charge on any atom is 0.348 e. The van der Waals surface area contributed by atoms with Gasteiger partial charge in [0, 0.05) is 11.5 Å². The van der Waals surface area contributed by atoms with Crippen molar-refractivity contribution in [1.82, 2.24) is 0 Å². The predicted molar refractivity (Wildman–Crippen MR) is 57.5 cm³/mol. The van der Waals surface area contributed by atoms with Crippen molar-refractivity contribution in [3.8, 4) is 5.75 Å². The number of phenols is 1. The molecule has 76 valence electrons. The molecule has 1 N–H and O–H groups in total. The minimum Gasteiger partial charge on any atom is -0.508 e. The largest absolute Gasteiger partial charge is 0.508 e. The number of thiol groups is 1. The first kappa shape index (κ1) is 9.79. The van der Waals surface area contributed by atoms with Crippen LogP contribution >= 0.6 is 12.6 Å². The van der Waals surface area contributed by atoms with Crippen molar-refractivity contribution in [3.63, 3.8) is 0 Å².